The van der Waals surface area contributed by atoms with Crippen molar-refractivity contribution in [3.8, 4) is 11.6 Å². The van der Waals surface area contributed by atoms with E-state index in [9.17, 15) is 13.2 Å². The third-order valence-electron chi connectivity index (χ3n) is 5.64. The highest BCUT2D eigenvalue weighted by molar-refractivity contribution is 9.10. The number of halogens is 1. The van der Waals surface area contributed by atoms with Gasteiger partial charge in [-0.15, -0.1) is 0 Å². The Hall–Kier alpha value is -4.28. The summed E-state index contributed by atoms with van der Waals surface area (Å²) in [6, 6.07) is 27.1. The number of hydrogen-bond acceptors (Lipinski definition) is 7. The number of aromatic nitrogens is 2. The van der Waals surface area contributed by atoms with Gasteiger partial charge in [0.1, 0.15) is 5.75 Å². The first kappa shape index (κ1) is 26.3. The van der Waals surface area contributed by atoms with E-state index in [4.69, 9.17) is 4.74 Å². The van der Waals surface area contributed by atoms with Gasteiger partial charge in [0.2, 0.25) is 11.8 Å². The molecule has 0 unspecified atom stereocenters. The molecular formula is C29H23BrN4O4S. The summed E-state index contributed by atoms with van der Waals surface area (Å²) >= 11 is 3.42. The van der Waals surface area contributed by atoms with Crippen LogP contribution in [0.15, 0.2) is 102 Å². The molecule has 0 aliphatic carbocycles. The third kappa shape index (κ3) is 6.98. The standard InChI is InChI=1S/C29H23BrN4O4S/c1-39(36,37)18-19-5-2-8-22(15-19)33-29-31-14-13-27(34-29)38-24-11-12-25-20(16-24)6-3-10-26(25)28(35)32-23-9-4-7-21(30)17-23/h2-17H,18H2,1H3,(H,32,35)(H,31,33,34). The molecule has 39 heavy (non-hydrogen) atoms. The van der Waals surface area contributed by atoms with Crippen molar-refractivity contribution in [2.75, 3.05) is 16.9 Å². The average molecular weight is 603 g/mol. The smallest absolute Gasteiger partial charge is 0.256 e. The maximum Gasteiger partial charge on any atom is 0.256 e. The molecule has 0 radical (unpaired) electrons. The summed E-state index contributed by atoms with van der Waals surface area (Å²) in [4.78, 5) is 21.6. The SMILES string of the molecule is CS(=O)(=O)Cc1cccc(Nc2nccc(Oc3ccc4c(C(=O)Nc5cccc(Br)c5)cccc4c3)n2)c1. The second kappa shape index (κ2) is 11.2. The molecule has 0 fully saturated rings. The molecule has 196 valence electrons. The molecule has 0 atom stereocenters. The molecule has 5 aromatic rings. The lowest BCUT2D eigenvalue weighted by molar-refractivity contribution is 0.102. The minimum atomic E-state index is -3.15. The van der Waals surface area contributed by atoms with Crippen molar-refractivity contribution in [1.82, 2.24) is 9.97 Å². The van der Waals surface area contributed by atoms with Crippen molar-refractivity contribution in [3.05, 3.63) is 113 Å². The lowest BCUT2D eigenvalue weighted by Crippen LogP contribution is -2.12. The lowest BCUT2D eigenvalue weighted by atomic mass is 10.0. The Balaban J connectivity index is 1.32. The number of carbonyl (C=O) groups excluding carboxylic acids is 1. The van der Waals surface area contributed by atoms with Gasteiger partial charge in [0.05, 0.1) is 5.75 Å². The highest BCUT2D eigenvalue weighted by Crippen LogP contribution is 2.28. The normalized spacial score (nSPS) is 11.2. The van der Waals surface area contributed by atoms with E-state index in [-0.39, 0.29) is 11.7 Å². The Morgan fingerprint density at radius 3 is 2.54 bits per heavy atom. The van der Waals surface area contributed by atoms with Gasteiger partial charge in [-0.25, -0.2) is 13.4 Å². The van der Waals surface area contributed by atoms with E-state index in [0.717, 1.165) is 15.2 Å². The van der Waals surface area contributed by atoms with Gasteiger partial charge in [0, 0.05) is 39.9 Å². The second-order valence-electron chi connectivity index (χ2n) is 8.87. The highest BCUT2D eigenvalue weighted by Gasteiger charge is 2.12. The Morgan fingerprint density at radius 2 is 1.72 bits per heavy atom. The van der Waals surface area contributed by atoms with Crippen molar-refractivity contribution in [3.63, 3.8) is 0 Å². The van der Waals surface area contributed by atoms with Gasteiger partial charge in [-0.05, 0) is 70.9 Å². The van der Waals surface area contributed by atoms with E-state index in [1.807, 2.05) is 48.5 Å². The van der Waals surface area contributed by atoms with Crippen LogP contribution in [0.25, 0.3) is 10.8 Å². The molecule has 0 bridgehead atoms. The van der Waals surface area contributed by atoms with E-state index in [2.05, 4.69) is 36.5 Å². The first-order valence-corrected chi connectivity index (χ1v) is 14.7. The first-order valence-electron chi connectivity index (χ1n) is 11.9. The first-order chi connectivity index (χ1) is 18.7. The van der Waals surface area contributed by atoms with E-state index in [0.29, 0.717) is 40.1 Å². The largest absolute Gasteiger partial charge is 0.439 e. The summed E-state index contributed by atoms with van der Waals surface area (Å²) < 4.78 is 30.1. The topological polar surface area (TPSA) is 110 Å². The van der Waals surface area contributed by atoms with E-state index < -0.39 is 9.84 Å². The van der Waals surface area contributed by atoms with Crippen molar-refractivity contribution < 1.29 is 17.9 Å². The van der Waals surface area contributed by atoms with Crippen molar-refractivity contribution in [2.45, 2.75) is 5.75 Å². The van der Waals surface area contributed by atoms with Crippen molar-refractivity contribution in [2.24, 2.45) is 0 Å². The van der Waals surface area contributed by atoms with Gasteiger partial charge < -0.3 is 15.4 Å². The fraction of sp³-hybridized carbons (Fsp3) is 0.0690. The maximum absolute atomic E-state index is 13.0. The Bertz CT molecular complexity index is 1790. The highest BCUT2D eigenvalue weighted by atomic mass is 79.9. The number of rotatable bonds is 8. The minimum absolute atomic E-state index is 0.0537. The van der Waals surface area contributed by atoms with Crippen LogP contribution >= 0.6 is 15.9 Å². The summed E-state index contributed by atoms with van der Waals surface area (Å²) in [5.74, 6) is 0.910. The molecule has 0 aliphatic heterocycles. The van der Waals surface area contributed by atoms with Crippen LogP contribution in [0.3, 0.4) is 0 Å². The Labute approximate surface area is 234 Å². The van der Waals surface area contributed by atoms with Gasteiger partial charge >= 0.3 is 0 Å². The van der Waals surface area contributed by atoms with Crippen LogP contribution in [0.4, 0.5) is 17.3 Å². The molecule has 4 aromatic carbocycles. The number of nitrogens with zero attached hydrogens (tertiary/aromatic N) is 2. The van der Waals surface area contributed by atoms with Crippen molar-refractivity contribution in [1.29, 1.82) is 0 Å². The minimum Gasteiger partial charge on any atom is -0.439 e. The van der Waals surface area contributed by atoms with Crippen LogP contribution in [0.5, 0.6) is 11.6 Å². The Kier molecular flexibility index (Phi) is 7.58. The predicted octanol–water partition coefficient (Wildman–Crippen LogP) is 6.73. The molecule has 5 rings (SSSR count). The number of anilines is 3. The molecule has 1 amide bonds. The molecule has 0 saturated heterocycles. The van der Waals surface area contributed by atoms with Gasteiger partial charge in [0.25, 0.3) is 5.91 Å². The molecular weight excluding hydrogens is 580 g/mol. The predicted molar refractivity (Wildman–Crippen MR) is 156 cm³/mol. The Morgan fingerprint density at radius 1 is 0.923 bits per heavy atom. The number of carbonyl (C=O) groups is 1. The van der Waals surface area contributed by atoms with Crippen LogP contribution in [0.1, 0.15) is 15.9 Å². The quantitative estimate of drug-likeness (QED) is 0.203. The number of fused-ring (bicyclic) bond motifs is 1. The van der Waals surface area contributed by atoms with Gasteiger partial charge in [0.15, 0.2) is 9.84 Å². The molecule has 1 heterocycles. The molecule has 8 nitrogen and oxygen atoms in total. The maximum atomic E-state index is 13.0. The number of hydrogen-bond donors (Lipinski definition) is 2. The van der Waals surface area contributed by atoms with Gasteiger partial charge in [-0.2, -0.15) is 4.98 Å². The van der Waals surface area contributed by atoms with E-state index in [1.54, 1.807) is 48.7 Å². The van der Waals surface area contributed by atoms with E-state index in [1.165, 1.54) is 6.26 Å². The van der Waals surface area contributed by atoms with Gasteiger partial charge in [-0.3, -0.25) is 4.79 Å². The summed E-state index contributed by atoms with van der Waals surface area (Å²) in [5.41, 5.74) is 2.57. The summed E-state index contributed by atoms with van der Waals surface area (Å²) in [7, 11) is -3.15. The molecule has 0 saturated carbocycles. The van der Waals surface area contributed by atoms with Crippen LogP contribution in [-0.4, -0.2) is 30.5 Å². The zero-order valence-electron chi connectivity index (χ0n) is 20.8. The number of amides is 1. The fourth-order valence-corrected chi connectivity index (χ4v) is 5.22. The second-order valence-corrected chi connectivity index (χ2v) is 11.9. The lowest BCUT2D eigenvalue weighted by Gasteiger charge is -2.11. The zero-order chi connectivity index (χ0) is 27.4. The van der Waals surface area contributed by atoms with Crippen LogP contribution in [0.2, 0.25) is 0 Å². The third-order valence-corrected chi connectivity index (χ3v) is 6.99. The van der Waals surface area contributed by atoms with E-state index >= 15 is 0 Å². The number of benzene rings is 4. The molecule has 2 N–H and O–H groups in total. The summed E-state index contributed by atoms with van der Waals surface area (Å²) in [6.07, 6.45) is 2.76. The van der Waals surface area contributed by atoms with Crippen LogP contribution in [-0.2, 0) is 15.6 Å². The average Bonchev–Trinajstić information content (AvgIpc) is 2.88. The van der Waals surface area contributed by atoms with Crippen molar-refractivity contribution >= 4 is 59.8 Å². The molecule has 1 aromatic heterocycles. The fourth-order valence-electron chi connectivity index (χ4n) is 4.04. The number of nitrogens with one attached hydrogen (secondary N) is 2. The number of sulfone groups is 1. The van der Waals surface area contributed by atoms with Gasteiger partial charge in [-0.1, -0.05) is 46.3 Å². The number of ether oxygens (including phenoxy) is 1. The van der Waals surface area contributed by atoms with Crippen LogP contribution in [0, 0.1) is 0 Å². The molecule has 0 aliphatic rings. The zero-order valence-corrected chi connectivity index (χ0v) is 23.2. The summed E-state index contributed by atoms with van der Waals surface area (Å²) in [6.45, 7) is 0. The van der Waals surface area contributed by atoms with Crippen LogP contribution < -0.4 is 15.4 Å². The molecule has 0 spiro atoms. The summed E-state index contributed by atoms with van der Waals surface area (Å²) in [5, 5.41) is 7.64. The monoisotopic (exact) mass is 602 g/mol. The molecule has 10 heteroatoms.